The molecule has 7 heteroatoms. The van der Waals surface area contributed by atoms with Crippen LogP contribution >= 0.6 is 11.8 Å². The molecule has 3 rings (SSSR count). The zero-order chi connectivity index (χ0) is 19.0. The highest BCUT2D eigenvalue weighted by Gasteiger charge is 2.32. The highest BCUT2D eigenvalue weighted by molar-refractivity contribution is 7.99. The lowest BCUT2D eigenvalue weighted by molar-refractivity contribution is 0.0772. The number of hydrogen-bond donors (Lipinski definition) is 2. The number of guanidine groups is 1. The summed E-state index contributed by atoms with van der Waals surface area (Å²) >= 11 is 1.82. The fraction of sp³-hybridized carbons (Fsp3) is 0.650. The number of aliphatic hydroxyl groups is 1. The molecule has 1 unspecified atom stereocenters. The molecular weight excluding hydrogens is 360 g/mol. The fourth-order valence-corrected chi connectivity index (χ4v) is 4.65. The third-order valence-corrected chi connectivity index (χ3v) is 6.27. The van der Waals surface area contributed by atoms with E-state index in [-0.39, 0.29) is 0 Å². The average molecular weight is 393 g/mol. The molecule has 2 saturated heterocycles. The van der Waals surface area contributed by atoms with E-state index in [4.69, 9.17) is 9.73 Å². The fourth-order valence-electron chi connectivity index (χ4n) is 3.36. The molecule has 2 N–H and O–H groups in total. The van der Waals surface area contributed by atoms with Crippen molar-refractivity contribution in [3.8, 4) is 5.75 Å². The molecule has 2 fully saturated rings. The number of benzene rings is 1. The van der Waals surface area contributed by atoms with E-state index in [1.54, 1.807) is 0 Å². The van der Waals surface area contributed by atoms with Gasteiger partial charge in [0.1, 0.15) is 12.4 Å². The smallest absolute Gasteiger partial charge is 0.194 e. The third kappa shape index (κ3) is 6.30. The van der Waals surface area contributed by atoms with E-state index in [1.807, 2.05) is 42.1 Å². The van der Waals surface area contributed by atoms with Gasteiger partial charge in [0, 0.05) is 45.0 Å². The van der Waals surface area contributed by atoms with E-state index in [0.717, 1.165) is 68.9 Å². The van der Waals surface area contributed by atoms with Gasteiger partial charge in [-0.2, -0.15) is 11.8 Å². The number of nitrogens with zero attached hydrogens (tertiary/aromatic N) is 3. The van der Waals surface area contributed by atoms with Crippen LogP contribution in [0.2, 0.25) is 0 Å². The lowest BCUT2D eigenvalue weighted by atomic mass is 10.0. The summed E-state index contributed by atoms with van der Waals surface area (Å²) in [6.07, 6.45) is 0.843. The van der Waals surface area contributed by atoms with Gasteiger partial charge in [0.2, 0.25) is 0 Å². The summed E-state index contributed by atoms with van der Waals surface area (Å²) in [5, 5.41) is 13.9. The Bertz CT molecular complexity index is 585. The molecular formula is C20H32N4O2S. The molecule has 6 nitrogen and oxygen atoms in total. The summed E-state index contributed by atoms with van der Waals surface area (Å²) in [6.45, 7) is 8.98. The summed E-state index contributed by atoms with van der Waals surface area (Å²) in [7, 11) is 0. The van der Waals surface area contributed by atoms with Crippen LogP contribution in [0.1, 0.15) is 13.3 Å². The van der Waals surface area contributed by atoms with Crippen molar-refractivity contribution in [3.63, 3.8) is 0 Å². The predicted octanol–water partition coefficient (Wildman–Crippen LogP) is 1.52. The molecule has 0 aliphatic carbocycles. The Labute approximate surface area is 167 Å². The molecule has 2 aliphatic heterocycles. The molecule has 150 valence electrons. The maximum Gasteiger partial charge on any atom is 0.194 e. The lowest BCUT2D eigenvalue weighted by Gasteiger charge is -2.36. The number of hydrogen-bond acceptors (Lipinski definition) is 5. The third-order valence-electron chi connectivity index (χ3n) is 5.03. The molecule has 2 heterocycles. The van der Waals surface area contributed by atoms with Gasteiger partial charge >= 0.3 is 0 Å². The number of ether oxygens (including phenoxy) is 1. The van der Waals surface area contributed by atoms with Crippen LogP contribution in [0.25, 0.3) is 0 Å². The minimum absolute atomic E-state index is 0.494. The van der Waals surface area contributed by atoms with Gasteiger partial charge in [-0.15, -0.1) is 0 Å². The van der Waals surface area contributed by atoms with E-state index >= 15 is 0 Å². The number of thioether (sulfide) groups is 1. The summed E-state index contributed by atoms with van der Waals surface area (Å²) in [6, 6.07) is 9.98. The first-order chi connectivity index (χ1) is 13.2. The van der Waals surface area contributed by atoms with E-state index in [1.165, 1.54) is 0 Å². The molecule has 0 amide bonds. The summed E-state index contributed by atoms with van der Waals surface area (Å²) < 4.78 is 5.81. The molecule has 0 spiro atoms. The number of aliphatic imine (C=N–C) groups is 1. The second-order valence-corrected chi connectivity index (χ2v) is 8.29. The molecule has 0 saturated carbocycles. The molecule has 0 bridgehead atoms. The van der Waals surface area contributed by atoms with Gasteiger partial charge in [-0.3, -0.25) is 9.89 Å². The molecule has 27 heavy (non-hydrogen) atoms. The monoisotopic (exact) mass is 392 g/mol. The first kappa shape index (κ1) is 20.3. The van der Waals surface area contributed by atoms with Crippen LogP contribution in [0.15, 0.2) is 35.3 Å². The normalized spacial score (nSPS) is 24.2. The quantitative estimate of drug-likeness (QED) is 0.542. The minimum Gasteiger partial charge on any atom is -0.492 e. The predicted molar refractivity (Wildman–Crippen MR) is 113 cm³/mol. The van der Waals surface area contributed by atoms with Gasteiger partial charge in [-0.25, -0.2) is 0 Å². The van der Waals surface area contributed by atoms with Gasteiger partial charge in [0.15, 0.2) is 5.96 Å². The number of nitrogens with one attached hydrogen (secondary N) is 1. The van der Waals surface area contributed by atoms with Crippen LogP contribution in [0, 0.1) is 0 Å². The molecule has 0 radical (unpaired) electrons. The van der Waals surface area contributed by atoms with Gasteiger partial charge < -0.3 is 20.1 Å². The summed E-state index contributed by atoms with van der Waals surface area (Å²) in [5.74, 6) is 3.70. The SMILES string of the molecule is CCNC(=NCC1(O)CCSC1)N1CCN(CCOc2ccccc2)CC1. The number of rotatable bonds is 7. The van der Waals surface area contributed by atoms with Crippen molar-refractivity contribution >= 4 is 17.7 Å². The Morgan fingerprint density at radius 3 is 2.70 bits per heavy atom. The van der Waals surface area contributed by atoms with Crippen molar-refractivity contribution in [1.82, 2.24) is 15.1 Å². The summed E-state index contributed by atoms with van der Waals surface area (Å²) in [4.78, 5) is 9.49. The number of piperazine rings is 1. The second kappa shape index (κ2) is 10.2. The Kier molecular flexibility index (Phi) is 7.67. The Hall–Kier alpha value is -1.44. The topological polar surface area (TPSA) is 60.3 Å². The van der Waals surface area contributed by atoms with Crippen LogP contribution in [-0.4, -0.2) is 90.4 Å². The van der Waals surface area contributed by atoms with Crippen LogP contribution in [0.5, 0.6) is 5.75 Å². The molecule has 1 aromatic rings. The average Bonchev–Trinajstić information content (AvgIpc) is 3.13. The highest BCUT2D eigenvalue weighted by atomic mass is 32.2. The van der Waals surface area contributed by atoms with Crippen molar-refractivity contribution in [2.75, 3.05) is 63.9 Å². The van der Waals surface area contributed by atoms with E-state index in [2.05, 4.69) is 22.0 Å². The Morgan fingerprint density at radius 2 is 2.04 bits per heavy atom. The molecule has 1 aromatic carbocycles. The maximum atomic E-state index is 10.5. The zero-order valence-corrected chi connectivity index (χ0v) is 17.1. The standard InChI is InChI=1S/C20H32N4O2S/c1-2-21-19(22-16-20(25)8-15-27-17-20)24-11-9-23(10-12-24)13-14-26-18-6-4-3-5-7-18/h3-7,25H,2,8-17H2,1H3,(H,21,22). The van der Waals surface area contributed by atoms with Gasteiger partial charge in [-0.1, -0.05) is 18.2 Å². The van der Waals surface area contributed by atoms with Gasteiger partial charge in [0.25, 0.3) is 0 Å². The number of para-hydroxylation sites is 1. The first-order valence-electron chi connectivity index (χ1n) is 9.92. The zero-order valence-electron chi connectivity index (χ0n) is 16.3. The van der Waals surface area contributed by atoms with E-state index < -0.39 is 5.60 Å². The van der Waals surface area contributed by atoms with Crippen molar-refractivity contribution in [3.05, 3.63) is 30.3 Å². The van der Waals surface area contributed by atoms with Crippen LogP contribution < -0.4 is 10.1 Å². The van der Waals surface area contributed by atoms with E-state index in [9.17, 15) is 5.11 Å². The van der Waals surface area contributed by atoms with Crippen molar-refractivity contribution in [2.45, 2.75) is 18.9 Å². The highest BCUT2D eigenvalue weighted by Crippen LogP contribution is 2.28. The minimum atomic E-state index is -0.623. The van der Waals surface area contributed by atoms with Crippen LogP contribution in [-0.2, 0) is 0 Å². The Balaban J connectivity index is 1.43. The Morgan fingerprint density at radius 1 is 1.26 bits per heavy atom. The maximum absolute atomic E-state index is 10.5. The molecule has 1 atom stereocenters. The van der Waals surface area contributed by atoms with Crippen LogP contribution in [0.3, 0.4) is 0 Å². The van der Waals surface area contributed by atoms with Crippen molar-refractivity contribution in [1.29, 1.82) is 0 Å². The molecule has 0 aromatic heterocycles. The van der Waals surface area contributed by atoms with Crippen molar-refractivity contribution < 1.29 is 9.84 Å². The molecule has 2 aliphatic rings. The second-order valence-electron chi connectivity index (χ2n) is 7.19. The van der Waals surface area contributed by atoms with Crippen LogP contribution in [0.4, 0.5) is 0 Å². The van der Waals surface area contributed by atoms with Gasteiger partial charge in [0.05, 0.1) is 12.1 Å². The van der Waals surface area contributed by atoms with Gasteiger partial charge in [-0.05, 0) is 31.2 Å². The lowest BCUT2D eigenvalue weighted by Crippen LogP contribution is -2.53. The largest absolute Gasteiger partial charge is 0.492 e. The first-order valence-corrected chi connectivity index (χ1v) is 11.1. The summed E-state index contributed by atoms with van der Waals surface area (Å²) in [5.41, 5.74) is -0.623. The van der Waals surface area contributed by atoms with Crippen molar-refractivity contribution in [2.24, 2.45) is 4.99 Å². The van der Waals surface area contributed by atoms with E-state index in [0.29, 0.717) is 13.2 Å².